The number of benzene rings is 1. The van der Waals surface area contributed by atoms with Crippen LogP contribution in [0, 0.1) is 0 Å². The summed E-state index contributed by atoms with van der Waals surface area (Å²) in [6.07, 6.45) is 0.545. The van der Waals surface area contributed by atoms with Gasteiger partial charge >= 0.3 is 0 Å². The number of amides is 1. The SMILES string of the molecule is O=CNc1ccc(S(=O)(=O)C(I)I)cc1. The Morgan fingerprint density at radius 3 is 2.13 bits per heavy atom. The highest BCUT2D eigenvalue weighted by atomic mass is 127. The van der Waals surface area contributed by atoms with Gasteiger partial charge in [0, 0.05) is 5.69 Å². The van der Waals surface area contributed by atoms with Gasteiger partial charge in [0.25, 0.3) is 0 Å². The lowest BCUT2D eigenvalue weighted by Gasteiger charge is -2.05. The average molecular weight is 451 g/mol. The number of nitrogens with one attached hydrogen (secondary N) is 1. The Balaban J connectivity index is 3.04. The first-order valence-electron chi connectivity index (χ1n) is 3.81. The zero-order chi connectivity index (χ0) is 11.5. The lowest BCUT2D eigenvalue weighted by Crippen LogP contribution is -2.08. The predicted molar refractivity (Wildman–Crippen MR) is 75.1 cm³/mol. The molecule has 0 aliphatic carbocycles. The molecule has 1 aromatic carbocycles. The number of halogens is 2. The molecular formula is C8H7I2NO3S. The Kier molecular flexibility index (Phi) is 4.77. The van der Waals surface area contributed by atoms with E-state index in [1.165, 1.54) is 12.1 Å². The Bertz CT molecular complexity index is 441. The van der Waals surface area contributed by atoms with Crippen LogP contribution in [0.2, 0.25) is 0 Å². The molecule has 7 heteroatoms. The highest BCUT2D eigenvalue weighted by Gasteiger charge is 2.21. The van der Waals surface area contributed by atoms with Crippen molar-refractivity contribution in [1.82, 2.24) is 0 Å². The molecule has 1 rings (SSSR count). The topological polar surface area (TPSA) is 63.2 Å². The van der Waals surface area contributed by atoms with E-state index in [0.29, 0.717) is 12.1 Å². The molecule has 0 aliphatic rings. The van der Waals surface area contributed by atoms with Gasteiger partial charge in [0.1, 0.15) is 0 Å². The second kappa shape index (κ2) is 5.43. The third-order valence-electron chi connectivity index (χ3n) is 1.64. The van der Waals surface area contributed by atoms with E-state index in [1.54, 1.807) is 12.1 Å². The zero-order valence-corrected chi connectivity index (χ0v) is 12.5. The summed E-state index contributed by atoms with van der Waals surface area (Å²) < 4.78 is 22.9. The van der Waals surface area contributed by atoms with Gasteiger partial charge in [-0.05, 0) is 24.3 Å². The first-order valence-corrected chi connectivity index (χ1v) is 7.84. The van der Waals surface area contributed by atoms with Gasteiger partial charge < -0.3 is 5.32 Å². The van der Waals surface area contributed by atoms with Crippen molar-refractivity contribution in [2.24, 2.45) is 0 Å². The van der Waals surface area contributed by atoms with Crippen molar-refractivity contribution in [2.45, 2.75) is 6.16 Å². The van der Waals surface area contributed by atoms with Crippen molar-refractivity contribution in [1.29, 1.82) is 0 Å². The molecule has 0 fully saturated rings. The smallest absolute Gasteiger partial charge is 0.211 e. The largest absolute Gasteiger partial charge is 0.329 e. The zero-order valence-electron chi connectivity index (χ0n) is 7.35. The summed E-state index contributed by atoms with van der Waals surface area (Å²) in [6.45, 7) is 0. The summed E-state index contributed by atoms with van der Waals surface area (Å²) in [6, 6.07) is 6.06. The van der Waals surface area contributed by atoms with Crippen LogP contribution < -0.4 is 5.32 Å². The maximum absolute atomic E-state index is 11.7. The summed E-state index contributed by atoms with van der Waals surface area (Å²) in [5, 5.41) is 2.44. The van der Waals surface area contributed by atoms with Crippen LogP contribution in [0.5, 0.6) is 0 Å². The Morgan fingerprint density at radius 2 is 1.73 bits per heavy atom. The van der Waals surface area contributed by atoms with Gasteiger partial charge in [-0.15, -0.1) is 0 Å². The first kappa shape index (κ1) is 13.2. The van der Waals surface area contributed by atoms with Gasteiger partial charge in [0.2, 0.25) is 6.41 Å². The highest BCUT2D eigenvalue weighted by Crippen LogP contribution is 2.26. The molecule has 4 nitrogen and oxygen atoms in total. The van der Waals surface area contributed by atoms with E-state index < -0.39 is 11.1 Å². The van der Waals surface area contributed by atoms with Crippen LogP contribution in [0.1, 0.15) is 0 Å². The molecule has 0 atom stereocenters. The van der Waals surface area contributed by atoms with Crippen LogP contribution in [0.15, 0.2) is 29.2 Å². The number of anilines is 1. The number of sulfone groups is 1. The average Bonchev–Trinajstić information content (AvgIpc) is 2.19. The summed E-state index contributed by atoms with van der Waals surface area (Å²) >= 11 is 3.68. The number of hydrogen-bond donors (Lipinski definition) is 1. The molecule has 82 valence electrons. The molecule has 0 saturated carbocycles. The Labute approximate surface area is 115 Å². The fourth-order valence-corrected chi connectivity index (χ4v) is 3.39. The van der Waals surface area contributed by atoms with E-state index >= 15 is 0 Å². The molecule has 0 heterocycles. The van der Waals surface area contributed by atoms with Gasteiger partial charge in [-0.2, -0.15) is 0 Å². The van der Waals surface area contributed by atoms with Crippen molar-refractivity contribution in [3.63, 3.8) is 0 Å². The van der Waals surface area contributed by atoms with Gasteiger partial charge in [-0.3, -0.25) is 4.79 Å². The van der Waals surface area contributed by atoms with E-state index in [1.807, 2.05) is 45.2 Å². The van der Waals surface area contributed by atoms with Crippen molar-refractivity contribution in [2.75, 3.05) is 5.32 Å². The minimum Gasteiger partial charge on any atom is -0.329 e. The number of hydrogen-bond acceptors (Lipinski definition) is 3. The molecule has 0 saturated heterocycles. The Hall–Kier alpha value is 0.1000. The van der Waals surface area contributed by atoms with Crippen LogP contribution in [-0.4, -0.2) is 16.1 Å². The monoisotopic (exact) mass is 451 g/mol. The molecular weight excluding hydrogens is 444 g/mol. The molecule has 1 amide bonds. The normalized spacial score (nSPS) is 11.4. The third-order valence-corrected chi connectivity index (χ3v) is 7.06. The van der Waals surface area contributed by atoms with E-state index in [0.717, 1.165) is 0 Å². The summed E-state index contributed by atoms with van der Waals surface area (Å²) in [4.78, 5) is 10.4. The lowest BCUT2D eigenvalue weighted by molar-refractivity contribution is -0.105. The number of rotatable bonds is 4. The number of carbonyl (C=O) groups is 1. The first-order chi connectivity index (χ1) is 6.98. The van der Waals surface area contributed by atoms with Crippen LogP contribution in [0.4, 0.5) is 5.69 Å². The number of carbonyl (C=O) groups excluding carboxylic acids is 1. The molecule has 1 aromatic rings. The molecule has 0 aliphatic heterocycles. The van der Waals surface area contributed by atoms with Crippen molar-refractivity contribution < 1.29 is 13.2 Å². The maximum Gasteiger partial charge on any atom is 0.211 e. The van der Waals surface area contributed by atoms with Crippen LogP contribution in [-0.2, 0) is 14.6 Å². The number of alkyl halides is 2. The quantitative estimate of drug-likeness (QED) is 0.434. The van der Waals surface area contributed by atoms with Gasteiger partial charge in [0.05, 0.1) is 4.90 Å². The van der Waals surface area contributed by atoms with Crippen molar-refractivity contribution in [3.05, 3.63) is 24.3 Å². The van der Waals surface area contributed by atoms with Crippen molar-refractivity contribution in [3.8, 4) is 0 Å². The predicted octanol–water partition coefficient (Wildman–Crippen LogP) is 2.18. The molecule has 0 unspecified atom stereocenters. The van der Waals surface area contributed by atoms with Gasteiger partial charge in [0.15, 0.2) is 11.1 Å². The van der Waals surface area contributed by atoms with Crippen molar-refractivity contribution >= 4 is 67.1 Å². The van der Waals surface area contributed by atoms with Gasteiger partial charge in [-0.25, -0.2) is 8.42 Å². The molecule has 1 N–H and O–H groups in total. The summed E-state index contributed by atoms with van der Waals surface area (Å²) in [7, 11) is -3.25. The van der Waals surface area contributed by atoms with Crippen LogP contribution in [0.25, 0.3) is 0 Å². The van der Waals surface area contributed by atoms with Crippen LogP contribution >= 0.6 is 45.2 Å². The minimum absolute atomic E-state index is 0.257. The summed E-state index contributed by atoms with van der Waals surface area (Å²) in [5.41, 5.74) is 0.572. The standard InChI is InChI=1S/C8H7I2NO3S/c9-8(10)15(13,14)7-3-1-6(2-4-7)11-5-12/h1-5,8H,(H,11,12). The Morgan fingerprint density at radius 1 is 1.20 bits per heavy atom. The fourth-order valence-electron chi connectivity index (χ4n) is 0.912. The molecule has 0 aromatic heterocycles. The third kappa shape index (κ3) is 3.28. The minimum atomic E-state index is -3.25. The maximum atomic E-state index is 11.7. The summed E-state index contributed by atoms with van der Waals surface area (Å²) in [5.74, 6) is 0. The van der Waals surface area contributed by atoms with E-state index in [2.05, 4.69) is 5.32 Å². The van der Waals surface area contributed by atoms with E-state index in [4.69, 9.17) is 0 Å². The second-order valence-corrected chi connectivity index (χ2v) is 11.2. The van der Waals surface area contributed by atoms with E-state index in [-0.39, 0.29) is 4.90 Å². The van der Waals surface area contributed by atoms with Gasteiger partial charge in [-0.1, -0.05) is 45.2 Å². The fraction of sp³-hybridized carbons (Fsp3) is 0.125. The highest BCUT2D eigenvalue weighted by molar-refractivity contribution is 14.2. The molecule has 0 radical (unpaired) electrons. The van der Waals surface area contributed by atoms with Crippen LogP contribution in [0.3, 0.4) is 0 Å². The van der Waals surface area contributed by atoms with E-state index in [9.17, 15) is 13.2 Å². The molecule has 0 bridgehead atoms. The molecule has 0 spiro atoms. The lowest BCUT2D eigenvalue weighted by atomic mass is 10.3. The second-order valence-electron chi connectivity index (χ2n) is 2.59. The molecule has 15 heavy (non-hydrogen) atoms.